The molecule has 1 fully saturated rings. The molecule has 1 aromatic rings. The average molecular weight is 229 g/mol. The highest BCUT2D eigenvalue weighted by molar-refractivity contribution is 6.31. The fourth-order valence-corrected chi connectivity index (χ4v) is 2.21. The van der Waals surface area contributed by atoms with E-state index in [4.69, 9.17) is 11.6 Å². The van der Waals surface area contributed by atoms with Crippen molar-refractivity contribution in [3.8, 4) is 0 Å². The van der Waals surface area contributed by atoms with Gasteiger partial charge in [-0.05, 0) is 38.5 Å². The van der Waals surface area contributed by atoms with Gasteiger partial charge in [0, 0.05) is 7.05 Å². The molecule has 4 heteroatoms. The summed E-state index contributed by atoms with van der Waals surface area (Å²) in [4.78, 5) is 0. The Bertz CT molecular complexity index is 358. The quantitative estimate of drug-likeness (QED) is 0.857. The minimum absolute atomic E-state index is 0.156. The molecule has 1 unspecified atom stereocenters. The van der Waals surface area contributed by atoms with E-state index in [1.165, 1.54) is 12.8 Å². The molecule has 2 rings (SSSR count). The maximum atomic E-state index is 9.77. The molecule has 0 saturated heterocycles. The number of halogens is 1. The number of aliphatic hydroxyl groups excluding tert-OH is 1. The van der Waals surface area contributed by atoms with E-state index < -0.39 is 0 Å². The molecule has 1 saturated carbocycles. The lowest BCUT2D eigenvalue weighted by molar-refractivity contribution is 0.141. The van der Waals surface area contributed by atoms with E-state index in [0.717, 1.165) is 29.3 Å². The lowest BCUT2D eigenvalue weighted by Crippen LogP contribution is -2.11. The number of rotatable bonds is 4. The van der Waals surface area contributed by atoms with Crippen molar-refractivity contribution in [3.05, 3.63) is 16.4 Å². The zero-order chi connectivity index (χ0) is 11.0. The number of aliphatic hydroxyl groups is 1. The Balaban J connectivity index is 1.97. The largest absolute Gasteiger partial charge is 0.393 e. The molecule has 3 nitrogen and oxygen atoms in total. The zero-order valence-corrected chi connectivity index (χ0v) is 9.96. The first-order chi connectivity index (χ1) is 7.09. The van der Waals surface area contributed by atoms with Crippen LogP contribution in [0.1, 0.15) is 30.7 Å². The molecule has 0 radical (unpaired) electrons. The molecule has 1 atom stereocenters. The van der Waals surface area contributed by atoms with Crippen LogP contribution in [0.4, 0.5) is 0 Å². The lowest BCUT2D eigenvalue weighted by Gasteiger charge is -2.09. The smallest absolute Gasteiger partial charge is 0.0846 e. The maximum absolute atomic E-state index is 9.77. The number of hydrogen-bond acceptors (Lipinski definition) is 2. The monoisotopic (exact) mass is 228 g/mol. The van der Waals surface area contributed by atoms with Crippen LogP contribution in [-0.2, 0) is 13.5 Å². The third kappa shape index (κ3) is 2.34. The van der Waals surface area contributed by atoms with Gasteiger partial charge >= 0.3 is 0 Å². The molecule has 1 aliphatic carbocycles. The van der Waals surface area contributed by atoms with Gasteiger partial charge in [0.2, 0.25) is 0 Å². The highest BCUT2D eigenvalue weighted by Gasteiger charge is 2.29. The fraction of sp³-hybridized carbons (Fsp3) is 0.727. The van der Waals surface area contributed by atoms with Crippen LogP contribution in [0.3, 0.4) is 0 Å². The number of hydrogen-bond donors (Lipinski definition) is 1. The van der Waals surface area contributed by atoms with Gasteiger partial charge in [-0.3, -0.25) is 4.68 Å². The summed E-state index contributed by atoms with van der Waals surface area (Å²) in [6.45, 7) is 1.91. The molecule has 1 N–H and O–H groups in total. The third-order valence-corrected chi connectivity index (χ3v) is 3.60. The Hall–Kier alpha value is -0.540. The van der Waals surface area contributed by atoms with Gasteiger partial charge in [0.05, 0.1) is 22.5 Å². The van der Waals surface area contributed by atoms with E-state index in [-0.39, 0.29) is 6.10 Å². The molecule has 0 spiro atoms. The van der Waals surface area contributed by atoms with Crippen molar-refractivity contribution in [2.45, 2.75) is 38.7 Å². The van der Waals surface area contributed by atoms with Crippen LogP contribution in [0.2, 0.25) is 5.02 Å². The van der Waals surface area contributed by atoms with Crippen LogP contribution >= 0.6 is 11.6 Å². The predicted molar refractivity (Wildman–Crippen MR) is 60.0 cm³/mol. The average Bonchev–Trinajstić information content (AvgIpc) is 2.96. The van der Waals surface area contributed by atoms with Crippen molar-refractivity contribution in [2.24, 2.45) is 13.0 Å². The van der Waals surface area contributed by atoms with E-state index in [2.05, 4.69) is 5.10 Å². The standard InChI is InChI=1S/C11H17ClN2O/c1-7-11(12)9(14(2)13-7)5-6-10(15)8-3-4-8/h8,10,15H,3-6H2,1-2H3. The van der Waals surface area contributed by atoms with E-state index in [1.54, 1.807) is 0 Å². The van der Waals surface area contributed by atoms with Gasteiger partial charge in [0.15, 0.2) is 0 Å². The summed E-state index contributed by atoms with van der Waals surface area (Å²) in [5, 5.41) is 14.8. The zero-order valence-electron chi connectivity index (χ0n) is 9.20. The van der Waals surface area contributed by atoms with Gasteiger partial charge in [0.1, 0.15) is 0 Å². The van der Waals surface area contributed by atoms with Gasteiger partial charge < -0.3 is 5.11 Å². The maximum Gasteiger partial charge on any atom is 0.0846 e. The molecule has 0 amide bonds. The summed E-state index contributed by atoms with van der Waals surface area (Å²) >= 11 is 6.13. The topological polar surface area (TPSA) is 38.0 Å². The summed E-state index contributed by atoms with van der Waals surface area (Å²) in [5.74, 6) is 0.540. The van der Waals surface area contributed by atoms with Crippen molar-refractivity contribution in [2.75, 3.05) is 0 Å². The van der Waals surface area contributed by atoms with E-state index in [1.807, 2.05) is 18.7 Å². The van der Waals surface area contributed by atoms with E-state index in [0.29, 0.717) is 5.92 Å². The molecule has 15 heavy (non-hydrogen) atoms. The molecule has 1 heterocycles. The van der Waals surface area contributed by atoms with Crippen LogP contribution in [0.5, 0.6) is 0 Å². The minimum Gasteiger partial charge on any atom is -0.393 e. The normalized spacial score (nSPS) is 18.1. The van der Waals surface area contributed by atoms with Gasteiger partial charge in [-0.15, -0.1) is 0 Å². The van der Waals surface area contributed by atoms with E-state index >= 15 is 0 Å². The second-order valence-electron chi connectivity index (χ2n) is 4.41. The minimum atomic E-state index is -0.156. The summed E-state index contributed by atoms with van der Waals surface area (Å²) in [7, 11) is 1.90. The summed E-state index contributed by atoms with van der Waals surface area (Å²) in [6, 6.07) is 0. The Labute approximate surface area is 95.0 Å². The van der Waals surface area contributed by atoms with Gasteiger partial charge in [-0.1, -0.05) is 11.6 Å². The number of nitrogens with zero attached hydrogens (tertiary/aromatic N) is 2. The predicted octanol–water partition coefficient (Wildman–Crippen LogP) is 2.09. The van der Waals surface area contributed by atoms with Crippen LogP contribution in [-0.4, -0.2) is 21.0 Å². The number of aryl methyl sites for hydroxylation is 2. The van der Waals surface area contributed by atoms with Crippen molar-refractivity contribution in [1.29, 1.82) is 0 Å². The summed E-state index contributed by atoms with van der Waals surface area (Å²) in [6.07, 6.45) is 3.81. The van der Waals surface area contributed by atoms with Crippen molar-refractivity contribution < 1.29 is 5.11 Å². The first-order valence-electron chi connectivity index (χ1n) is 5.45. The first-order valence-corrected chi connectivity index (χ1v) is 5.83. The second kappa shape index (κ2) is 4.14. The molecule has 0 aromatic carbocycles. The third-order valence-electron chi connectivity index (χ3n) is 3.10. The highest BCUT2D eigenvalue weighted by atomic mass is 35.5. The summed E-state index contributed by atoms with van der Waals surface area (Å²) < 4.78 is 1.82. The molecular formula is C11H17ClN2O. The molecule has 0 bridgehead atoms. The molecule has 1 aliphatic rings. The lowest BCUT2D eigenvalue weighted by atomic mass is 10.1. The Morgan fingerprint density at radius 1 is 1.60 bits per heavy atom. The Morgan fingerprint density at radius 3 is 2.73 bits per heavy atom. The highest BCUT2D eigenvalue weighted by Crippen LogP contribution is 2.34. The van der Waals surface area contributed by atoms with Gasteiger partial charge in [0.25, 0.3) is 0 Å². The second-order valence-corrected chi connectivity index (χ2v) is 4.79. The molecule has 1 aromatic heterocycles. The SMILES string of the molecule is Cc1nn(C)c(CCC(O)C2CC2)c1Cl. The molecule has 84 valence electrons. The van der Waals surface area contributed by atoms with Crippen LogP contribution < -0.4 is 0 Å². The first kappa shape index (κ1) is 11.0. The fourth-order valence-electron chi connectivity index (χ4n) is 1.95. The molecule has 0 aliphatic heterocycles. The van der Waals surface area contributed by atoms with Crippen LogP contribution in [0.15, 0.2) is 0 Å². The van der Waals surface area contributed by atoms with Gasteiger partial charge in [-0.25, -0.2) is 0 Å². The van der Waals surface area contributed by atoms with Crippen LogP contribution in [0.25, 0.3) is 0 Å². The Morgan fingerprint density at radius 2 is 2.27 bits per heavy atom. The van der Waals surface area contributed by atoms with Crippen molar-refractivity contribution >= 4 is 11.6 Å². The van der Waals surface area contributed by atoms with Crippen molar-refractivity contribution in [3.63, 3.8) is 0 Å². The Kier molecular flexibility index (Phi) is 3.03. The van der Waals surface area contributed by atoms with E-state index in [9.17, 15) is 5.11 Å². The molecular weight excluding hydrogens is 212 g/mol. The van der Waals surface area contributed by atoms with Gasteiger partial charge in [-0.2, -0.15) is 5.10 Å². The van der Waals surface area contributed by atoms with Crippen molar-refractivity contribution in [1.82, 2.24) is 9.78 Å². The summed E-state index contributed by atoms with van der Waals surface area (Å²) in [5.41, 5.74) is 1.91. The number of aromatic nitrogens is 2. The van der Waals surface area contributed by atoms with Crippen LogP contribution in [0, 0.1) is 12.8 Å².